The lowest BCUT2D eigenvalue weighted by Crippen LogP contribution is -2.24. The molecule has 0 heterocycles. The summed E-state index contributed by atoms with van der Waals surface area (Å²) in [5.74, 6) is 1.77. The van der Waals surface area contributed by atoms with Crippen LogP contribution in [0.15, 0.2) is 77.9 Å². The number of carbonyl (C=O) groups is 1. The standard InChI is InChI=1S/C27H30N2O4/c1-3-4-8-21-13-15-24(16-14-21)32-20-27(30)29-28-18-23-10-5-6-12-26(23)33-19-22-9-7-11-25(17-22)31-2/h5-7,9-18H,3-4,8,19-20H2,1-2H3,(H,29,30)/b28-18-. The van der Waals surface area contributed by atoms with Crippen LogP contribution < -0.4 is 19.6 Å². The van der Waals surface area contributed by atoms with Gasteiger partial charge in [0.2, 0.25) is 0 Å². The maximum Gasteiger partial charge on any atom is 0.277 e. The average Bonchev–Trinajstić information content (AvgIpc) is 2.86. The van der Waals surface area contributed by atoms with Crippen molar-refractivity contribution in [1.29, 1.82) is 0 Å². The molecule has 3 rings (SSSR count). The summed E-state index contributed by atoms with van der Waals surface area (Å²) in [6.07, 6.45) is 4.94. The van der Waals surface area contributed by atoms with Gasteiger partial charge in [-0.2, -0.15) is 5.10 Å². The number of nitrogens with one attached hydrogen (secondary N) is 1. The van der Waals surface area contributed by atoms with E-state index in [0.717, 1.165) is 36.1 Å². The van der Waals surface area contributed by atoms with Crippen LogP contribution in [0.2, 0.25) is 0 Å². The van der Waals surface area contributed by atoms with E-state index >= 15 is 0 Å². The molecule has 1 amide bonds. The molecule has 0 aromatic heterocycles. The zero-order valence-electron chi connectivity index (χ0n) is 19.1. The van der Waals surface area contributed by atoms with Crippen molar-refractivity contribution in [2.45, 2.75) is 32.8 Å². The van der Waals surface area contributed by atoms with E-state index in [2.05, 4.69) is 17.5 Å². The lowest BCUT2D eigenvalue weighted by Gasteiger charge is -2.10. The molecule has 0 saturated heterocycles. The number of ether oxygens (including phenoxy) is 3. The zero-order valence-corrected chi connectivity index (χ0v) is 19.1. The van der Waals surface area contributed by atoms with E-state index in [-0.39, 0.29) is 12.5 Å². The van der Waals surface area contributed by atoms with Crippen LogP contribution in [0.4, 0.5) is 0 Å². The number of unbranched alkanes of at least 4 members (excludes halogenated alkanes) is 1. The van der Waals surface area contributed by atoms with Crippen LogP contribution in [0.5, 0.6) is 17.2 Å². The highest BCUT2D eigenvalue weighted by Crippen LogP contribution is 2.19. The van der Waals surface area contributed by atoms with E-state index in [1.54, 1.807) is 13.3 Å². The highest BCUT2D eigenvalue weighted by molar-refractivity contribution is 5.85. The zero-order chi connectivity index (χ0) is 23.3. The molecule has 0 fully saturated rings. The largest absolute Gasteiger partial charge is 0.497 e. The minimum atomic E-state index is -0.337. The van der Waals surface area contributed by atoms with Crippen molar-refractivity contribution in [1.82, 2.24) is 5.43 Å². The highest BCUT2D eigenvalue weighted by atomic mass is 16.5. The molecule has 0 aliphatic carbocycles. The molecule has 0 unspecified atom stereocenters. The van der Waals surface area contributed by atoms with Crippen molar-refractivity contribution in [2.75, 3.05) is 13.7 Å². The highest BCUT2D eigenvalue weighted by Gasteiger charge is 2.04. The summed E-state index contributed by atoms with van der Waals surface area (Å²) < 4.78 is 16.7. The summed E-state index contributed by atoms with van der Waals surface area (Å²) >= 11 is 0. The van der Waals surface area contributed by atoms with Gasteiger partial charge in [-0.15, -0.1) is 0 Å². The summed E-state index contributed by atoms with van der Waals surface area (Å²) in [6, 6.07) is 23.0. The Balaban J connectivity index is 1.48. The Kier molecular flexibility index (Phi) is 9.33. The van der Waals surface area contributed by atoms with Crippen molar-refractivity contribution in [3.63, 3.8) is 0 Å². The van der Waals surface area contributed by atoms with Crippen molar-refractivity contribution >= 4 is 12.1 Å². The minimum Gasteiger partial charge on any atom is -0.497 e. The van der Waals surface area contributed by atoms with Gasteiger partial charge in [0.15, 0.2) is 6.61 Å². The van der Waals surface area contributed by atoms with Crippen LogP contribution in [0, 0.1) is 0 Å². The van der Waals surface area contributed by atoms with Crippen LogP contribution in [-0.2, 0) is 17.8 Å². The fraction of sp³-hybridized carbons (Fsp3) is 0.259. The van der Waals surface area contributed by atoms with Crippen LogP contribution in [-0.4, -0.2) is 25.8 Å². The molecule has 0 aliphatic rings. The molecule has 6 heteroatoms. The van der Waals surface area contributed by atoms with Gasteiger partial charge in [0.05, 0.1) is 13.3 Å². The minimum absolute atomic E-state index is 0.111. The predicted molar refractivity (Wildman–Crippen MR) is 130 cm³/mol. The number of benzene rings is 3. The van der Waals surface area contributed by atoms with E-state index in [9.17, 15) is 4.79 Å². The molecule has 0 atom stereocenters. The first kappa shape index (κ1) is 23.9. The van der Waals surface area contributed by atoms with Crippen LogP contribution >= 0.6 is 0 Å². The van der Waals surface area contributed by atoms with E-state index in [1.807, 2.05) is 72.8 Å². The maximum absolute atomic E-state index is 12.1. The molecule has 0 spiro atoms. The summed E-state index contributed by atoms with van der Waals surface area (Å²) in [6.45, 7) is 2.45. The van der Waals surface area contributed by atoms with E-state index in [1.165, 1.54) is 5.56 Å². The third-order valence-electron chi connectivity index (χ3n) is 4.95. The molecule has 0 aliphatic heterocycles. The van der Waals surface area contributed by atoms with Gasteiger partial charge < -0.3 is 14.2 Å². The third kappa shape index (κ3) is 8.00. The number of rotatable bonds is 12. The SMILES string of the molecule is CCCCc1ccc(OCC(=O)N/N=C\c2ccccc2OCc2cccc(OC)c2)cc1. The normalized spacial score (nSPS) is 10.7. The van der Waals surface area contributed by atoms with Crippen molar-refractivity contribution in [2.24, 2.45) is 5.10 Å². The molecule has 33 heavy (non-hydrogen) atoms. The van der Waals surface area contributed by atoms with Crippen molar-refractivity contribution < 1.29 is 19.0 Å². The van der Waals surface area contributed by atoms with Gasteiger partial charge in [0.25, 0.3) is 5.91 Å². The Bertz CT molecular complexity index is 1050. The Morgan fingerprint density at radius 3 is 2.55 bits per heavy atom. The number of hydrogen-bond acceptors (Lipinski definition) is 5. The Hall–Kier alpha value is -3.80. The fourth-order valence-corrected chi connectivity index (χ4v) is 3.13. The first-order valence-electron chi connectivity index (χ1n) is 11.1. The number of carbonyl (C=O) groups excluding carboxylic acids is 1. The topological polar surface area (TPSA) is 69.2 Å². The predicted octanol–water partition coefficient (Wildman–Crippen LogP) is 5.15. The first-order chi connectivity index (χ1) is 16.2. The second kappa shape index (κ2) is 12.9. The molecule has 0 saturated carbocycles. The second-order valence-corrected chi connectivity index (χ2v) is 7.51. The number of para-hydroxylation sites is 1. The summed E-state index contributed by atoms with van der Waals surface area (Å²) in [5.41, 5.74) is 5.50. The third-order valence-corrected chi connectivity index (χ3v) is 4.95. The molecule has 6 nitrogen and oxygen atoms in total. The van der Waals surface area contributed by atoms with Crippen molar-refractivity contribution in [3.05, 3.63) is 89.5 Å². The van der Waals surface area contributed by atoms with Gasteiger partial charge >= 0.3 is 0 Å². The maximum atomic E-state index is 12.1. The lowest BCUT2D eigenvalue weighted by molar-refractivity contribution is -0.123. The van der Waals surface area contributed by atoms with E-state index < -0.39 is 0 Å². The molecule has 172 valence electrons. The van der Waals surface area contributed by atoms with E-state index in [0.29, 0.717) is 18.1 Å². The van der Waals surface area contributed by atoms with E-state index in [4.69, 9.17) is 14.2 Å². The second-order valence-electron chi connectivity index (χ2n) is 7.51. The summed E-state index contributed by atoms with van der Waals surface area (Å²) in [7, 11) is 1.63. The fourth-order valence-electron chi connectivity index (χ4n) is 3.13. The quantitative estimate of drug-likeness (QED) is 0.309. The van der Waals surface area contributed by atoms with Crippen LogP contribution in [0.1, 0.15) is 36.5 Å². The average molecular weight is 447 g/mol. The van der Waals surface area contributed by atoms with Gasteiger partial charge in [0, 0.05) is 5.56 Å². The van der Waals surface area contributed by atoms with Gasteiger partial charge in [0.1, 0.15) is 23.9 Å². The number of aryl methyl sites for hydroxylation is 1. The Morgan fingerprint density at radius 2 is 1.76 bits per heavy atom. The molecule has 1 N–H and O–H groups in total. The summed E-state index contributed by atoms with van der Waals surface area (Å²) in [4.78, 5) is 12.1. The van der Waals surface area contributed by atoms with Gasteiger partial charge in [-0.05, 0) is 60.4 Å². The number of methoxy groups -OCH3 is 1. The molecular formula is C27H30N2O4. The van der Waals surface area contributed by atoms with Crippen LogP contribution in [0.25, 0.3) is 0 Å². The number of hydrogen-bond donors (Lipinski definition) is 1. The van der Waals surface area contributed by atoms with Crippen molar-refractivity contribution in [3.8, 4) is 17.2 Å². The van der Waals surface area contributed by atoms with Gasteiger partial charge in [-0.3, -0.25) is 4.79 Å². The number of nitrogens with zero attached hydrogens (tertiary/aromatic N) is 1. The number of amides is 1. The molecule has 0 bridgehead atoms. The monoisotopic (exact) mass is 446 g/mol. The first-order valence-corrected chi connectivity index (χ1v) is 11.1. The summed E-state index contributed by atoms with van der Waals surface area (Å²) in [5, 5.41) is 4.04. The Morgan fingerprint density at radius 1 is 0.939 bits per heavy atom. The van der Waals surface area contributed by atoms with Gasteiger partial charge in [-0.25, -0.2) is 5.43 Å². The smallest absolute Gasteiger partial charge is 0.277 e. The van der Waals surface area contributed by atoms with Gasteiger partial charge in [-0.1, -0.05) is 49.7 Å². The lowest BCUT2D eigenvalue weighted by atomic mass is 10.1. The molecular weight excluding hydrogens is 416 g/mol. The number of hydrazone groups is 1. The Labute approximate surface area is 195 Å². The molecule has 0 radical (unpaired) electrons. The molecule has 3 aromatic carbocycles. The van der Waals surface area contributed by atoms with Crippen LogP contribution in [0.3, 0.4) is 0 Å². The molecule has 3 aromatic rings.